The van der Waals surface area contributed by atoms with Gasteiger partial charge in [-0.2, -0.15) is 0 Å². The fourth-order valence-corrected chi connectivity index (χ4v) is 4.06. The van der Waals surface area contributed by atoms with Crippen LogP contribution in [0.1, 0.15) is 34.3 Å². The molecule has 0 spiro atoms. The molecular formula is C20H17N3O3S. The molecule has 1 heterocycles. The van der Waals surface area contributed by atoms with Gasteiger partial charge in [-0.3, -0.25) is 20.2 Å². The van der Waals surface area contributed by atoms with E-state index in [1.54, 1.807) is 6.07 Å². The lowest BCUT2D eigenvalue weighted by molar-refractivity contribution is -0.385. The molecule has 136 valence electrons. The van der Waals surface area contributed by atoms with E-state index in [1.165, 1.54) is 53.5 Å². The van der Waals surface area contributed by atoms with Crippen molar-refractivity contribution >= 4 is 28.1 Å². The van der Waals surface area contributed by atoms with Crippen LogP contribution in [0.3, 0.4) is 0 Å². The highest BCUT2D eigenvalue weighted by atomic mass is 32.1. The lowest BCUT2D eigenvalue weighted by Crippen LogP contribution is -2.13. The molecule has 1 aliphatic rings. The maximum Gasteiger partial charge on any atom is 0.282 e. The molecule has 0 bridgehead atoms. The number of amides is 1. The van der Waals surface area contributed by atoms with Gasteiger partial charge in [0, 0.05) is 17.0 Å². The number of nitro groups is 1. The molecule has 0 fully saturated rings. The van der Waals surface area contributed by atoms with Crippen molar-refractivity contribution in [3.8, 4) is 11.3 Å². The van der Waals surface area contributed by atoms with Gasteiger partial charge in [0.2, 0.25) is 0 Å². The van der Waals surface area contributed by atoms with Crippen LogP contribution in [0.4, 0.5) is 10.8 Å². The zero-order chi connectivity index (χ0) is 18.8. The normalized spacial score (nSPS) is 13.0. The third-order valence-electron chi connectivity index (χ3n) is 4.71. The number of nitrogens with zero attached hydrogens (tertiary/aromatic N) is 2. The van der Waals surface area contributed by atoms with Crippen LogP contribution in [-0.2, 0) is 12.8 Å². The molecule has 0 saturated carbocycles. The van der Waals surface area contributed by atoms with E-state index in [-0.39, 0.29) is 11.3 Å². The van der Waals surface area contributed by atoms with E-state index in [0.29, 0.717) is 5.13 Å². The summed E-state index contributed by atoms with van der Waals surface area (Å²) in [4.78, 5) is 27.5. The topological polar surface area (TPSA) is 85.1 Å². The van der Waals surface area contributed by atoms with Crippen LogP contribution in [-0.4, -0.2) is 15.8 Å². The van der Waals surface area contributed by atoms with Crippen molar-refractivity contribution < 1.29 is 9.72 Å². The molecule has 4 rings (SSSR count). The number of thiazole rings is 1. The van der Waals surface area contributed by atoms with Crippen molar-refractivity contribution in [2.45, 2.75) is 25.7 Å². The number of carbonyl (C=O) groups is 1. The largest absolute Gasteiger partial charge is 0.298 e. The van der Waals surface area contributed by atoms with Crippen LogP contribution in [0, 0.1) is 10.1 Å². The van der Waals surface area contributed by atoms with Crippen LogP contribution >= 0.6 is 11.3 Å². The van der Waals surface area contributed by atoms with Gasteiger partial charge in [-0.05, 0) is 48.9 Å². The summed E-state index contributed by atoms with van der Waals surface area (Å²) in [5, 5.41) is 16.1. The van der Waals surface area contributed by atoms with Gasteiger partial charge >= 0.3 is 0 Å². The molecule has 6 nitrogen and oxygen atoms in total. The summed E-state index contributed by atoms with van der Waals surface area (Å²) in [6, 6.07) is 12.3. The van der Waals surface area contributed by atoms with Gasteiger partial charge in [0.05, 0.1) is 10.6 Å². The number of carbonyl (C=O) groups excluding carboxylic acids is 1. The first-order chi connectivity index (χ1) is 13.1. The Labute approximate surface area is 160 Å². The van der Waals surface area contributed by atoms with Gasteiger partial charge in [-0.1, -0.05) is 24.3 Å². The second kappa shape index (κ2) is 7.28. The number of rotatable bonds is 4. The molecule has 0 aliphatic heterocycles. The zero-order valence-electron chi connectivity index (χ0n) is 14.5. The number of aryl methyl sites for hydroxylation is 2. The van der Waals surface area contributed by atoms with Gasteiger partial charge in [-0.25, -0.2) is 4.98 Å². The van der Waals surface area contributed by atoms with Gasteiger partial charge < -0.3 is 0 Å². The highest BCUT2D eigenvalue weighted by molar-refractivity contribution is 7.14. The SMILES string of the molecule is O=C(Nc1nc(-c2ccc3c(c2)CCCC3)cs1)c1ccccc1[N+](=O)[O-]. The molecule has 1 aliphatic carbocycles. The molecule has 1 aromatic heterocycles. The van der Waals surface area contributed by atoms with Gasteiger partial charge in [0.25, 0.3) is 11.6 Å². The second-order valence-electron chi connectivity index (χ2n) is 6.46. The highest BCUT2D eigenvalue weighted by Gasteiger charge is 2.20. The summed E-state index contributed by atoms with van der Waals surface area (Å²) in [5.41, 5.74) is 4.40. The summed E-state index contributed by atoms with van der Waals surface area (Å²) >= 11 is 1.31. The summed E-state index contributed by atoms with van der Waals surface area (Å²) in [7, 11) is 0. The molecule has 0 unspecified atom stereocenters. The highest BCUT2D eigenvalue weighted by Crippen LogP contribution is 2.30. The van der Waals surface area contributed by atoms with Crippen LogP contribution in [0.15, 0.2) is 47.8 Å². The number of nitro benzene ring substituents is 1. The molecule has 0 saturated heterocycles. The Morgan fingerprint density at radius 3 is 2.70 bits per heavy atom. The number of aromatic nitrogens is 1. The van der Waals surface area contributed by atoms with Crippen molar-refractivity contribution in [3.05, 3.63) is 74.6 Å². The predicted octanol–water partition coefficient (Wildman–Crippen LogP) is 4.85. The predicted molar refractivity (Wildman–Crippen MR) is 105 cm³/mol. The van der Waals surface area contributed by atoms with Crippen LogP contribution in [0.2, 0.25) is 0 Å². The molecule has 27 heavy (non-hydrogen) atoms. The summed E-state index contributed by atoms with van der Waals surface area (Å²) < 4.78 is 0. The quantitative estimate of drug-likeness (QED) is 0.519. The minimum atomic E-state index is -0.560. The summed E-state index contributed by atoms with van der Waals surface area (Å²) in [6.07, 6.45) is 4.67. The van der Waals surface area contributed by atoms with Crippen molar-refractivity contribution in [1.82, 2.24) is 4.98 Å². The minimum Gasteiger partial charge on any atom is -0.298 e. The Kier molecular flexibility index (Phi) is 4.68. The number of nitrogens with one attached hydrogen (secondary N) is 1. The van der Waals surface area contributed by atoms with E-state index >= 15 is 0 Å². The summed E-state index contributed by atoms with van der Waals surface area (Å²) in [6.45, 7) is 0. The van der Waals surface area contributed by atoms with Crippen molar-refractivity contribution in [2.24, 2.45) is 0 Å². The first-order valence-electron chi connectivity index (χ1n) is 8.74. The van der Waals surface area contributed by atoms with Crippen LogP contribution in [0.5, 0.6) is 0 Å². The Bertz CT molecular complexity index is 1030. The maximum absolute atomic E-state index is 12.4. The van der Waals surface area contributed by atoms with Crippen LogP contribution < -0.4 is 5.32 Å². The molecule has 2 aromatic carbocycles. The van der Waals surface area contributed by atoms with E-state index in [4.69, 9.17) is 0 Å². The lowest BCUT2D eigenvalue weighted by Gasteiger charge is -2.16. The smallest absolute Gasteiger partial charge is 0.282 e. The minimum absolute atomic E-state index is 0.0213. The number of fused-ring (bicyclic) bond motifs is 1. The fraction of sp³-hybridized carbons (Fsp3) is 0.200. The average molecular weight is 379 g/mol. The molecule has 1 amide bonds. The second-order valence-corrected chi connectivity index (χ2v) is 7.31. The first-order valence-corrected chi connectivity index (χ1v) is 9.62. The number of benzene rings is 2. The molecule has 0 atom stereocenters. The summed E-state index contributed by atoms with van der Waals surface area (Å²) in [5.74, 6) is -0.534. The zero-order valence-corrected chi connectivity index (χ0v) is 15.3. The van der Waals surface area contributed by atoms with E-state index in [2.05, 4.69) is 28.5 Å². The Hall–Kier alpha value is -3.06. The molecule has 1 N–H and O–H groups in total. The molecule has 0 radical (unpaired) electrons. The average Bonchev–Trinajstić information content (AvgIpc) is 3.16. The van der Waals surface area contributed by atoms with Crippen molar-refractivity contribution in [3.63, 3.8) is 0 Å². The van der Waals surface area contributed by atoms with Crippen molar-refractivity contribution in [2.75, 3.05) is 5.32 Å². The first kappa shape index (κ1) is 17.4. The van der Waals surface area contributed by atoms with Gasteiger partial charge in [-0.15, -0.1) is 11.3 Å². The number of para-hydroxylation sites is 1. The number of anilines is 1. The Morgan fingerprint density at radius 2 is 1.89 bits per heavy atom. The van der Waals surface area contributed by atoms with Gasteiger partial charge in [0.1, 0.15) is 5.56 Å². The third kappa shape index (κ3) is 3.59. The van der Waals surface area contributed by atoms with E-state index in [1.807, 2.05) is 5.38 Å². The fourth-order valence-electron chi connectivity index (χ4n) is 3.35. The number of hydrogen-bond donors (Lipinski definition) is 1. The van der Waals surface area contributed by atoms with Crippen molar-refractivity contribution in [1.29, 1.82) is 0 Å². The van der Waals surface area contributed by atoms with Crippen LogP contribution in [0.25, 0.3) is 11.3 Å². The van der Waals surface area contributed by atoms with Gasteiger partial charge in [0.15, 0.2) is 5.13 Å². The lowest BCUT2D eigenvalue weighted by atomic mass is 9.90. The monoisotopic (exact) mass is 379 g/mol. The molecule has 7 heteroatoms. The van der Waals surface area contributed by atoms with E-state index in [0.717, 1.165) is 24.1 Å². The molecular weight excluding hydrogens is 362 g/mol. The Balaban J connectivity index is 1.55. The molecule has 3 aromatic rings. The standard InChI is InChI=1S/C20H17N3O3S/c24-19(16-7-3-4-8-18(16)23(25)26)22-20-21-17(12-27-20)15-10-9-13-5-1-2-6-14(13)11-15/h3-4,7-12H,1-2,5-6H2,(H,21,22,24). The Morgan fingerprint density at radius 1 is 1.11 bits per heavy atom. The number of hydrogen-bond acceptors (Lipinski definition) is 5. The third-order valence-corrected chi connectivity index (χ3v) is 5.47. The van der Waals surface area contributed by atoms with E-state index in [9.17, 15) is 14.9 Å². The maximum atomic E-state index is 12.4. The van der Waals surface area contributed by atoms with E-state index < -0.39 is 10.8 Å².